The van der Waals surface area contributed by atoms with Gasteiger partial charge in [-0.3, -0.25) is 14.3 Å². The molecule has 9 heteroatoms. The van der Waals surface area contributed by atoms with Crippen molar-refractivity contribution in [3.8, 4) is 0 Å². The second kappa shape index (κ2) is 10.1. The lowest BCUT2D eigenvalue weighted by Crippen LogP contribution is -2.43. The maximum Gasteiger partial charge on any atom is 0.290 e. The van der Waals surface area contributed by atoms with Crippen molar-refractivity contribution in [2.45, 2.75) is 51.5 Å². The third-order valence-corrected chi connectivity index (χ3v) is 7.45. The van der Waals surface area contributed by atoms with Crippen molar-refractivity contribution in [3.63, 3.8) is 0 Å². The van der Waals surface area contributed by atoms with Gasteiger partial charge in [0, 0.05) is 63.5 Å². The molecule has 196 valence electrons. The number of carbonyl (C=O) groups is 1. The van der Waals surface area contributed by atoms with Crippen molar-refractivity contribution in [1.82, 2.24) is 24.9 Å². The van der Waals surface area contributed by atoms with Crippen LogP contribution in [0.15, 0.2) is 47.4 Å². The monoisotopic (exact) mass is 503 g/mol. The first kappa shape index (κ1) is 25.2. The minimum Gasteiger partial charge on any atom is -0.355 e. The number of piperidine rings is 1. The maximum atomic E-state index is 13.0. The molecule has 0 unspecified atom stereocenters. The molecule has 2 fully saturated rings. The van der Waals surface area contributed by atoms with E-state index in [4.69, 9.17) is 0 Å². The minimum absolute atomic E-state index is 0.0655. The number of anilines is 3. The highest BCUT2D eigenvalue weighted by Crippen LogP contribution is 2.27. The van der Waals surface area contributed by atoms with Crippen LogP contribution in [0.3, 0.4) is 0 Å². The Hall–Kier alpha value is -3.46. The van der Waals surface area contributed by atoms with Crippen LogP contribution in [0.5, 0.6) is 0 Å². The molecule has 37 heavy (non-hydrogen) atoms. The molecule has 2 N–H and O–H groups in total. The summed E-state index contributed by atoms with van der Waals surface area (Å²) in [6.45, 7) is 9.92. The number of hydrogen-bond acceptors (Lipinski definition) is 7. The molecule has 2 aliphatic rings. The summed E-state index contributed by atoms with van der Waals surface area (Å²) in [4.78, 5) is 28.0. The number of hydrogen-bond donors (Lipinski definition) is 2. The Kier molecular flexibility index (Phi) is 6.90. The smallest absolute Gasteiger partial charge is 0.290 e. The number of nitrogens with zero attached hydrogens (tertiary/aromatic N) is 5. The van der Waals surface area contributed by atoms with E-state index >= 15 is 0 Å². The van der Waals surface area contributed by atoms with Crippen LogP contribution in [0, 0.1) is 5.92 Å². The van der Waals surface area contributed by atoms with Crippen LogP contribution in [0.25, 0.3) is 0 Å². The Morgan fingerprint density at radius 2 is 1.89 bits per heavy atom. The maximum absolute atomic E-state index is 13.0. The van der Waals surface area contributed by atoms with Crippen LogP contribution in [0.2, 0.25) is 0 Å². The van der Waals surface area contributed by atoms with E-state index in [1.807, 2.05) is 35.1 Å². The first-order chi connectivity index (χ1) is 17.7. The molecule has 0 radical (unpaired) electrons. The van der Waals surface area contributed by atoms with Crippen LogP contribution in [-0.2, 0) is 12.5 Å². The molecule has 5 rings (SSSR count). The van der Waals surface area contributed by atoms with Gasteiger partial charge in [-0.1, -0.05) is 45.0 Å². The van der Waals surface area contributed by atoms with E-state index in [0.717, 1.165) is 50.4 Å². The lowest BCUT2D eigenvalue weighted by atomic mass is 9.85. The molecular formula is C28H37N7O2. The van der Waals surface area contributed by atoms with Gasteiger partial charge in [0.25, 0.3) is 5.56 Å². The fourth-order valence-corrected chi connectivity index (χ4v) is 5.02. The fraction of sp³-hybridized carbons (Fsp3) is 0.500. The minimum atomic E-state index is -0.203. The highest BCUT2D eigenvalue weighted by Gasteiger charge is 2.25. The van der Waals surface area contributed by atoms with Gasteiger partial charge in [-0.15, -0.1) is 0 Å². The van der Waals surface area contributed by atoms with E-state index in [0.29, 0.717) is 24.0 Å². The standard InChI is InChI=1S/C28H37N7O2/c1-28(2,3)21-9-7-20(8-10-21)24(36)14-19-6-5-12-34(18-19)26-15-23(27(37)33(4)32-26)30-25-11-13-35(31-25)22-16-29-17-22/h7-11,13,15,19,22,29H,5-6,12,14,16-18H2,1-4H3,(H,30,31)/t19-/m0/s1. The normalized spacial score (nSPS) is 18.5. The molecule has 0 bridgehead atoms. The molecule has 0 saturated carbocycles. The zero-order chi connectivity index (χ0) is 26.2. The van der Waals surface area contributed by atoms with Crippen molar-refractivity contribution in [2.24, 2.45) is 13.0 Å². The van der Waals surface area contributed by atoms with Gasteiger partial charge in [-0.25, -0.2) is 4.68 Å². The molecule has 2 saturated heterocycles. The lowest BCUT2D eigenvalue weighted by molar-refractivity contribution is 0.0956. The molecule has 4 heterocycles. The second-order valence-electron chi connectivity index (χ2n) is 11.4. The summed E-state index contributed by atoms with van der Waals surface area (Å²) >= 11 is 0. The number of carbonyl (C=O) groups excluding carboxylic acids is 1. The van der Waals surface area contributed by atoms with Gasteiger partial charge in [0.2, 0.25) is 0 Å². The third kappa shape index (κ3) is 5.61. The Labute approximate surface area is 217 Å². The van der Waals surface area contributed by atoms with Gasteiger partial charge in [0.05, 0.1) is 6.04 Å². The largest absolute Gasteiger partial charge is 0.355 e. The van der Waals surface area contributed by atoms with Gasteiger partial charge in [0.1, 0.15) is 5.69 Å². The number of nitrogens with one attached hydrogen (secondary N) is 2. The van der Waals surface area contributed by atoms with Gasteiger partial charge >= 0.3 is 0 Å². The molecule has 2 aliphatic heterocycles. The van der Waals surface area contributed by atoms with Crippen molar-refractivity contribution in [2.75, 3.05) is 36.4 Å². The number of benzene rings is 1. The Morgan fingerprint density at radius 1 is 1.14 bits per heavy atom. The van der Waals surface area contributed by atoms with Crippen LogP contribution >= 0.6 is 0 Å². The zero-order valence-electron chi connectivity index (χ0n) is 22.2. The first-order valence-corrected chi connectivity index (χ1v) is 13.2. The van der Waals surface area contributed by atoms with Gasteiger partial charge in [-0.2, -0.15) is 10.2 Å². The van der Waals surface area contributed by atoms with Crippen molar-refractivity contribution in [1.29, 1.82) is 0 Å². The summed E-state index contributed by atoms with van der Waals surface area (Å²) < 4.78 is 3.30. The van der Waals surface area contributed by atoms with E-state index in [9.17, 15) is 9.59 Å². The predicted octanol–water partition coefficient (Wildman–Crippen LogP) is 3.65. The fourth-order valence-electron chi connectivity index (χ4n) is 5.02. The average molecular weight is 504 g/mol. The number of rotatable bonds is 7. The molecule has 9 nitrogen and oxygen atoms in total. The summed E-state index contributed by atoms with van der Waals surface area (Å²) in [5.41, 5.74) is 2.31. The van der Waals surface area contributed by atoms with Crippen LogP contribution in [0.1, 0.15) is 62.0 Å². The molecule has 3 aromatic rings. The Balaban J connectivity index is 1.26. The first-order valence-electron chi connectivity index (χ1n) is 13.2. The number of aryl methyl sites for hydroxylation is 1. The number of ketones is 1. The van der Waals surface area contributed by atoms with Crippen molar-refractivity contribution >= 4 is 23.1 Å². The topological polar surface area (TPSA) is 97.1 Å². The van der Waals surface area contributed by atoms with E-state index in [2.05, 4.69) is 58.6 Å². The molecule has 0 spiro atoms. The highest BCUT2D eigenvalue weighted by molar-refractivity contribution is 5.96. The SMILES string of the molecule is Cn1nc(N2CCC[C@@H](CC(=O)c3ccc(C(C)(C)C)cc3)C2)cc(Nc2ccn(C3CNC3)n2)c1=O. The van der Waals surface area contributed by atoms with Crippen LogP contribution in [-0.4, -0.2) is 51.5 Å². The Bertz CT molecular complexity index is 1320. The predicted molar refractivity (Wildman–Crippen MR) is 146 cm³/mol. The summed E-state index contributed by atoms with van der Waals surface area (Å²) in [6, 6.07) is 12.1. The van der Waals surface area contributed by atoms with E-state index in [1.165, 1.54) is 10.2 Å². The van der Waals surface area contributed by atoms with Crippen LogP contribution < -0.4 is 21.1 Å². The Morgan fingerprint density at radius 3 is 2.57 bits per heavy atom. The van der Waals surface area contributed by atoms with Gasteiger partial charge < -0.3 is 15.5 Å². The quantitative estimate of drug-likeness (QED) is 0.475. The van der Waals surface area contributed by atoms with Gasteiger partial charge in [-0.05, 0) is 29.7 Å². The molecule has 0 aliphatic carbocycles. The second-order valence-corrected chi connectivity index (χ2v) is 11.4. The lowest BCUT2D eigenvalue weighted by Gasteiger charge is -2.33. The average Bonchev–Trinajstić information content (AvgIpc) is 3.28. The highest BCUT2D eigenvalue weighted by atomic mass is 16.1. The van der Waals surface area contributed by atoms with E-state index < -0.39 is 0 Å². The zero-order valence-corrected chi connectivity index (χ0v) is 22.2. The van der Waals surface area contributed by atoms with E-state index in [-0.39, 0.29) is 22.7 Å². The summed E-state index contributed by atoms with van der Waals surface area (Å²) in [7, 11) is 1.67. The molecule has 1 aromatic carbocycles. The number of aromatic nitrogens is 4. The summed E-state index contributed by atoms with van der Waals surface area (Å²) in [6.07, 6.45) is 4.43. The summed E-state index contributed by atoms with van der Waals surface area (Å²) in [5, 5.41) is 15.5. The van der Waals surface area contributed by atoms with Gasteiger partial charge in [0.15, 0.2) is 17.4 Å². The number of Topliss-reactive ketones (excluding diaryl/α,β-unsaturated/α-hetero) is 1. The molecule has 2 aromatic heterocycles. The van der Waals surface area contributed by atoms with E-state index in [1.54, 1.807) is 7.05 Å². The summed E-state index contributed by atoms with van der Waals surface area (Å²) in [5.74, 6) is 1.80. The third-order valence-electron chi connectivity index (χ3n) is 7.45. The molecule has 0 amide bonds. The van der Waals surface area contributed by atoms with Crippen molar-refractivity contribution < 1.29 is 4.79 Å². The van der Waals surface area contributed by atoms with Crippen LogP contribution in [0.4, 0.5) is 17.3 Å². The van der Waals surface area contributed by atoms with Crippen molar-refractivity contribution in [3.05, 3.63) is 64.1 Å². The molecular weight excluding hydrogens is 466 g/mol. The molecule has 1 atom stereocenters.